The molecule has 0 aliphatic rings. The monoisotopic (exact) mass is 297 g/mol. The van der Waals surface area contributed by atoms with Crippen LogP contribution in [0.25, 0.3) is 0 Å². The van der Waals surface area contributed by atoms with E-state index < -0.39 is 24.9 Å². The van der Waals surface area contributed by atoms with Crippen LogP contribution in [0.4, 0.5) is 13.2 Å². The highest BCUT2D eigenvalue weighted by molar-refractivity contribution is 5.01. The zero-order chi connectivity index (χ0) is 15.4. The van der Waals surface area contributed by atoms with Gasteiger partial charge in [0.05, 0.1) is 12.7 Å². The van der Waals surface area contributed by atoms with Crippen molar-refractivity contribution in [2.45, 2.75) is 45.2 Å². The number of nitrogens with two attached hydrogens (primary N) is 1. The van der Waals surface area contributed by atoms with Crippen LogP contribution < -0.4 is 5.73 Å². The molecule has 20 heavy (non-hydrogen) atoms. The molecule has 0 aliphatic heterocycles. The molecule has 0 radical (unpaired) electrons. The maximum absolute atomic E-state index is 11.9. The van der Waals surface area contributed by atoms with Crippen LogP contribution in [-0.2, 0) is 21.6 Å². The topological polar surface area (TPSA) is 83.4 Å². The Morgan fingerprint density at radius 2 is 1.95 bits per heavy atom. The van der Waals surface area contributed by atoms with E-state index in [0.717, 1.165) is 0 Å². The summed E-state index contributed by atoms with van der Waals surface area (Å²) in [5, 5.41) is 3.63. The van der Waals surface area contributed by atoms with Gasteiger partial charge in [-0.25, -0.2) is 0 Å². The van der Waals surface area contributed by atoms with E-state index in [2.05, 4.69) is 14.9 Å². The molecular formula is C11H18F3N3O3. The summed E-state index contributed by atoms with van der Waals surface area (Å²) in [6.45, 7) is 3.70. The molecule has 1 unspecified atom stereocenters. The molecule has 1 atom stereocenters. The maximum atomic E-state index is 11.9. The molecule has 0 aromatic carbocycles. The van der Waals surface area contributed by atoms with Gasteiger partial charge in [0, 0.05) is 0 Å². The molecule has 0 saturated carbocycles. The van der Waals surface area contributed by atoms with Crippen molar-refractivity contribution in [2.24, 2.45) is 5.73 Å². The summed E-state index contributed by atoms with van der Waals surface area (Å²) >= 11 is 0. The fourth-order valence-electron chi connectivity index (χ4n) is 1.20. The van der Waals surface area contributed by atoms with Crippen LogP contribution in [0.2, 0.25) is 0 Å². The van der Waals surface area contributed by atoms with Gasteiger partial charge < -0.3 is 19.7 Å². The van der Waals surface area contributed by atoms with Gasteiger partial charge >= 0.3 is 6.18 Å². The molecule has 0 saturated heterocycles. The van der Waals surface area contributed by atoms with E-state index in [1.54, 1.807) is 6.92 Å². The number of rotatable bonds is 7. The van der Waals surface area contributed by atoms with Crippen LogP contribution >= 0.6 is 0 Å². The molecule has 9 heteroatoms. The van der Waals surface area contributed by atoms with E-state index in [1.165, 1.54) is 0 Å². The van der Waals surface area contributed by atoms with Crippen molar-refractivity contribution in [3.63, 3.8) is 0 Å². The summed E-state index contributed by atoms with van der Waals surface area (Å²) in [7, 11) is 0. The van der Waals surface area contributed by atoms with Gasteiger partial charge in [-0.1, -0.05) is 5.16 Å². The zero-order valence-corrected chi connectivity index (χ0v) is 11.5. The quantitative estimate of drug-likeness (QED) is 0.825. The molecule has 2 N–H and O–H groups in total. The molecule has 1 aromatic rings. The Labute approximate surface area is 114 Å². The van der Waals surface area contributed by atoms with Gasteiger partial charge in [-0.3, -0.25) is 0 Å². The highest BCUT2D eigenvalue weighted by Crippen LogP contribution is 2.18. The Balaban J connectivity index is 2.53. The third-order valence-corrected chi connectivity index (χ3v) is 2.19. The number of nitrogens with zero attached hydrogens (tertiary/aromatic N) is 2. The Morgan fingerprint density at radius 1 is 1.30 bits per heavy atom. The third kappa shape index (κ3) is 5.85. The fourth-order valence-corrected chi connectivity index (χ4v) is 1.20. The van der Waals surface area contributed by atoms with Gasteiger partial charge in [0.2, 0.25) is 0 Å². The van der Waals surface area contributed by atoms with Gasteiger partial charge in [-0.2, -0.15) is 18.2 Å². The van der Waals surface area contributed by atoms with Crippen LogP contribution in [0.15, 0.2) is 4.52 Å². The second-order valence-electron chi connectivity index (χ2n) is 4.90. The molecule has 1 aromatic heterocycles. The molecule has 0 fully saturated rings. The first kappa shape index (κ1) is 16.9. The average molecular weight is 297 g/mol. The van der Waals surface area contributed by atoms with Crippen molar-refractivity contribution in [2.75, 3.05) is 13.2 Å². The number of hydrogen-bond donors (Lipinski definition) is 1. The van der Waals surface area contributed by atoms with Crippen molar-refractivity contribution in [3.05, 3.63) is 11.7 Å². The van der Waals surface area contributed by atoms with E-state index in [-0.39, 0.29) is 24.4 Å². The standard InChI is InChI=1S/C11H18F3N3O3/c1-7(2)19-5-10(3,15)9-16-8(20-17-9)4-18-6-11(12,13)14/h7H,4-6,15H2,1-3H3. The van der Waals surface area contributed by atoms with Crippen molar-refractivity contribution >= 4 is 0 Å². The van der Waals surface area contributed by atoms with Crippen LogP contribution in [0.3, 0.4) is 0 Å². The minimum atomic E-state index is -4.39. The Morgan fingerprint density at radius 3 is 2.50 bits per heavy atom. The van der Waals surface area contributed by atoms with Gasteiger partial charge in [0.15, 0.2) is 5.82 Å². The fraction of sp³-hybridized carbons (Fsp3) is 0.818. The predicted molar refractivity (Wildman–Crippen MR) is 62.6 cm³/mol. The van der Waals surface area contributed by atoms with Crippen LogP contribution in [0, 0.1) is 0 Å². The highest BCUT2D eigenvalue weighted by atomic mass is 19.4. The molecule has 6 nitrogen and oxygen atoms in total. The lowest BCUT2D eigenvalue weighted by Crippen LogP contribution is -2.40. The smallest absolute Gasteiger partial charge is 0.376 e. The largest absolute Gasteiger partial charge is 0.411 e. The van der Waals surface area contributed by atoms with Crippen molar-refractivity contribution in [3.8, 4) is 0 Å². The van der Waals surface area contributed by atoms with E-state index in [4.69, 9.17) is 15.0 Å². The lowest BCUT2D eigenvalue weighted by atomic mass is 10.1. The van der Waals surface area contributed by atoms with Gasteiger partial charge in [-0.05, 0) is 20.8 Å². The Hall–Kier alpha value is -1.19. The lowest BCUT2D eigenvalue weighted by Gasteiger charge is -2.21. The molecule has 1 heterocycles. The van der Waals surface area contributed by atoms with Crippen molar-refractivity contribution in [1.29, 1.82) is 0 Å². The number of hydrogen-bond acceptors (Lipinski definition) is 6. The summed E-state index contributed by atoms with van der Waals surface area (Å²) in [6, 6.07) is 0. The summed E-state index contributed by atoms with van der Waals surface area (Å²) in [6.07, 6.45) is -4.41. The van der Waals surface area contributed by atoms with E-state index in [0.29, 0.717) is 0 Å². The SMILES string of the molecule is CC(C)OCC(C)(N)c1noc(COCC(F)(F)F)n1. The second kappa shape index (κ2) is 6.51. The molecular weight excluding hydrogens is 279 g/mol. The number of alkyl halides is 3. The van der Waals surface area contributed by atoms with Crippen molar-refractivity contribution in [1.82, 2.24) is 10.1 Å². The Kier molecular flexibility index (Phi) is 5.49. The second-order valence-corrected chi connectivity index (χ2v) is 4.90. The normalized spacial score (nSPS) is 15.6. The third-order valence-electron chi connectivity index (χ3n) is 2.19. The summed E-state index contributed by atoms with van der Waals surface area (Å²) in [4.78, 5) is 3.90. The number of ether oxygens (including phenoxy) is 2. The summed E-state index contributed by atoms with van der Waals surface area (Å²) in [5.74, 6) is 0.0919. The molecule has 0 spiro atoms. The minimum absolute atomic E-state index is 0.0145. The number of aromatic nitrogens is 2. The summed E-state index contributed by atoms with van der Waals surface area (Å²) in [5.41, 5.74) is 4.98. The predicted octanol–water partition coefficient (Wildman–Crippen LogP) is 1.75. The molecule has 1 rings (SSSR count). The van der Waals surface area contributed by atoms with E-state index in [1.807, 2.05) is 13.8 Å². The van der Waals surface area contributed by atoms with E-state index in [9.17, 15) is 13.2 Å². The van der Waals surface area contributed by atoms with Crippen LogP contribution in [0.1, 0.15) is 32.5 Å². The lowest BCUT2D eigenvalue weighted by molar-refractivity contribution is -0.178. The first-order chi connectivity index (χ1) is 9.10. The van der Waals surface area contributed by atoms with Crippen molar-refractivity contribution < 1.29 is 27.2 Å². The molecule has 0 bridgehead atoms. The average Bonchev–Trinajstić information content (AvgIpc) is 2.74. The molecule has 0 aliphatic carbocycles. The van der Waals surface area contributed by atoms with Crippen LogP contribution in [0.5, 0.6) is 0 Å². The van der Waals surface area contributed by atoms with E-state index >= 15 is 0 Å². The molecule has 0 amide bonds. The van der Waals surface area contributed by atoms with Gasteiger partial charge in [0.25, 0.3) is 5.89 Å². The van der Waals surface area contributed by atoms with Gasteiger partial charge in [-0.15, -0.1) is 0 Å². The summed E-state index contributed by atoms with van der Waals surface area (Å²) < 4.78 is 50.3. The maximum Gasteiger partial charge on any atom is 0.411 e. The molecule has 116 valence electrons. The first-order valence-corrected chi connectivity index (χ1v) is 5.98. The first-order valence-electron chi connectivity index (χ1n) is 5.98. The number of halogens is 3. The van der Waals surface area contributed by atoms with Crippen LogP contribution in [-0.4, -0.2) is 35.6 Å². The zero-order valence-electron chi connectivity index (χ0n) is 11.5. The highest BCUT2D eigenvalue weighted by Gasteiger charge is 2.30. The Bertz CT molecular complexity index is 419. The minimum Gasteiger partial charge on any atom is -0.376 e. The van der Waals surface area contributed by atoms with Gasteiger partial charge in [0.1, 0.15) is 18.8 Å².